The van der Waals surface area contributed by atoms with Gasteiger partial charge >= 0.3 is 0 Å². The molecule has 2 amide bonds. The van der Waals surface area contributed by atoms with Crippen LogP contribution in [0.1, 0.15) is 36.3 Å². The minimum atomic E-state index is -0.170. The minimum Gasteiger partial charge on any atom is -0.349 e. The van der Waals surface area contributed by atoms with E-state index in [0.717, 1.165) is 29.7 Å². The highest BCUT2D eigenvalue weighted by Gasteiger charge is 2.24. The number of carbonyl (C=O) groups is 2. The van der Waals surface area contributed by atoms with Gasteiger partial charge in [0.15, 0.2) is 13.1 Å². The smallest absolute Gasteiger partial charge is 0.280 e. The van der Waals surface area contributed by atoms with Crippen molar-refractivity contribution in [3.8, 4) is 6.07 Å². The van der Waals surface area contributed by atoms with E-state index in [1.807, 2.05) is 13.8 Å². The van der Waals surface area contributed by atoms with Crippen LogP contribution in [0.5, 0.6) is 0 Å². The van der Waals surface area contributed by atoms with Crippen LogP contribution in [0.25, 0.3) is 0 Å². The first-order valence-electron chi connectivity index (χ1n) is 7.85. The average Bonchev–Trinajstić information content (AvgIpc) is 2.96. The van der Waals surface area contributed by atoms with Crippen LogP contribution >= 0.6 is 11.3 Å². The molecule has 1 heterocycles. The van der Waals surface area contributed by atoms with Gasteiger partial charge in [0.05, 0.1) is 12.6 Å². The number of hydrogen-bond donors (Lipinski definition) is 3. The number of carbonyl (C=O) groups excluding carboxylic acids is 2. The van der Waals surface area contributed by atoms with Crippen LogP contribution in [-0.4, -0.2) is 38.0 Å². The molecule has 7 heteroatoms. The number of nitrogens with zero attached hydrogens (tertiary/aromatic N) is 1. The second-order valence-corrected chi connectivity index (χ2v) is 7.36. The first-order valence-corrected chi connectivity index (χ1v) is 8.67. The normalized spacial score (nSPS) is 14.2. The van der Waals surface area contributed by atoms with E-state index >= 15 is 0 Å². The number of likely N-dealkylation sites (N-methyl/N-ethyl adjacent to an activating group) is 1. The quantitative estimate of drug-likeness (QED) is 0.688. The molecule has 0 aliphatic heterocycles. The topological polar surface area (TPSA) is 86.4 Å². The predicted molar refractivity (Wildman–Crippen MR) is 89.6 cm³/mol. The lowest BCUT2D eigenvalue weighted by molar-refractivity contribution is -0.862. The number of thiophene rings is 1. The molecule has 1 aliphatic carbocycles. The molecular formula is C16H23N4O2S+. The summed E-state index contributed by atoms with van der Waals surface area (Å²) in [6.45, 7) is 4.25. The van der Waals surface area contributed by atoms with Crippen LogP contribution < -0.4 is 15.5 Å². The molecule has 0 aromatic carbocycles. The summed E-state index contributed by atoms with van der Waals surface area (Å²) in [6, 6.07) is 2.31. The van der Waals surface area contributed by atoms with Crippen LogP contribution in [0.15, 0.2) is 0 Å². The lowest BCUT2D eigenvalue weighted by Crippen LogP contribution is -3.11. The van der Waals surface area contributed by atoms with Gasteiger partial charge < -0.3 is 15.5 Å². The van der Waals surface area contributed by atoms with Gasteiger partial charge in [-0.25, -0.2) is 0 Å². The maximum Gasteiger partial charge on any atom is 0.280 e. The van der Waals surface area contributed by atoms with Crippen molar-refractivity contribution in [3.05, 3.63) is 16.0 Å². The van der Waals surface area contributed by atoms with Crippen LogP contribution in [0, 0.1) is 11.3 Å². The van der Waals surface area contributed by atoms with Gasteiger partial charge in [0, 0.05) is 10.9 Å². The molecule has 124 valence electrons. The fraction of sp³-hybridized carbons (Fsp3) is 0.562. The second-order valence-electron chi connectivity index (χ2n) is 6.25. The predicted octanol–water partition coefficient (Wildman–Crippen LogP) is 0.0863. The van der Waals surface area contributed by atoms with Crippen molar-refractivity contribution >= 4 is 28.2 Å². The Morgan fingerprint density at radius 1 is 1.30 bits per heavy atom. The molecule has 23 heavy (non-hydrogen) atoms. The van der Waals surface area contributed by atoms with Crippen LogP contribution in [0.4, 0.5) is 5.00 Å². The third-order valence-corrected chi connectivity index (χ3v) is 4.87. The SMILES string of the molecule is CC(C)NC(=O)C[NH+](C)CC(=O)Nc1sc2c(c1C#N)CCC2. The van der Waals surface area contributed by atoms with Gasteiger partial charge in [0.1, 0.15) is 11.1 Å². The minimum absolute atomic E-state index is 0.0712. The van der Waals surface area contributed by atoms with Gasteiger partial charge in [0.2, 0.25) is 0 Å². The zero-order valence-corrected chi connectivity index (χ0v) is 14.6. The van der Waals surface area contributed by atoms with Crippen molar-refractivity contribution in [2.75, 3.05) is 25.5 Å². The van der Waals surface area contributed by atoms with Gasteiger partial charge in [-0.2, -0.15) is 5.26 Å². The number of nitriles is 1. The number of hydrogen-bond acceptors (Lipinski definition) is 4. The first kappa shape index (κ1) is 17.4. The van der Waals surface area contributed by atoms with Crippen LogP contribution in [0.3, 0.4) is 0 Å². The standard InChI is InChI=1S/C16H22N4O2S/c1-10(2)18-14(21)8-20(3)9-15(22)19-16-12(7-17)11-5-4-6-13(11)23-16/h10H,4-6,8-9H2,1-3H3,(H,18,21)(H,19,22)/p+1. The summed E-state index contributed by atoms with van der Waals surface area (Å²) in [7, 11) is 1.80. The molecule has 0 fully saturated rings. The van der Waals surface area contributed by atoms with E-state index in [0.29, 0.717) is 10.6 Å². The summed E-state index contributed by atoms with van der Waals surface area (Å²) in [4.78, 5) is 25.9. The van der Waals surface area contributed by atoms with Crippen molar-refractivity contribution in [2.45, 2.75) is 39.2 Å². The number of fused-ring (bicyclic) bond motifs is 1. The van der Waals surface area contributed by atoms with Gasteiger partial charge in [-0.1, -0.05) is 0 Å². The van der Waals surface area contributed by atoms with Crippen LogP contribution in [0.2, 0.25) is 0 Å². The van der Waals surface area contributed by atoms with Crippen molar-refractivity contribution < 1.29 is 14.5 Å². The van der Waals surface area contributed by atoms with E-state index < -0.39 is 0 Å². The fourth-order valence-corrected chi connectivity index (χ4v) is 4.02. The third-order valence-electron chi connectivity index (χ3n) is 3.66. The number of quaternary nitrogens is 1. The summed E-state index contributed by atoms with van der Waals surface area (Å²) >= 11 is 1.51. The molecule has 1 atom stereocenters. The Balaban J connectivity index is 1.90. The van der Waals surface area contributed by atoms with E-state index in [1.165, 1.54) is 16.2 Å². The molecule has 0 saturated carbocycles. The molecule has 1 aliphatic rings. The molecule has 0 saturated heterocycles. The third kappa shape index (κ3) is 4.53. The van der Waals surface area contributed by atoms with Crippen molar-refractivity contribution in [1.29, 1.82) is 5.26 Å². The molecule has 1 aromatic heterocycles. The van der Waals surface area contributed by atoms with E-state index in [1.54, 1.807) is 7.05 Å². The van der Waals surface area contributed by atoms with Gasteiger partial charge in [-0.3, -0.25) is 9.59 Å². The summed E-state index contributed by atoms with van der Waals surface area (Å²) in [6.07, 6.45) is 3.00. The summed E-state index contributed by atoms with van der Waals surface area (Å²) in [5.74, 6) is -0.241. The maximum absolute atomic E-state index is 12.2. The number of rotatable bonds is 6. The van der Waals surface area contributed by atoms with E-state index in [-0.39, 0.29) is 30.9 Å². The van der Waals surface area contributed by atoms with Gasteiger partial charge in [0.25, 0.3) is 11.8 Å². The van der Waals surface area contributed by atoms with E-state index in [9.17, 15) is 14.9 Å². The Labute approximate surface area is 140 Å². The number of amides is 2. The fourth-order valence-electron chi connectivity index (χ4n) is 2.77. The first-order chi connectivity index (χ1) is 10.9. The second kappa shape index (κ2) is 7.57. The highest BCUT2D eigenvalue weighted by Crippen LogP contribution is 2.38. The average molecular weight is 335 g/mol. The molecule has 0 bridgehead atoms. The van der Waals surface area contributed by atoms with E-state index in [4.69, 9.17) is 0 Å². The van der Waals surface area contributed by atoms with Crippen molar-refractivity contribution in [1.82, 2.24) is 5.32 Å². The molecule has 1 aromatic rings. The largest absolute Gasteiger partial charge is 0.349 e. The molecule has 1 unspecified atom stereocenters. The Morgan fingerprint density at radius 3 is 2.65 bits per heavy atom. The molecule has 3 N–H and O–H groups in total. The number of nitrogens with one attached hydrogen (secondary N) is 3. The molecule has 2 rings (SSSR count). The van der Waals surface area contributed by atoms with E-state index in [2.05, 4.69) is 16.7 Å². The highest BCUT2D eigenvalue weighted by atomic mass is 32.1. The zero-order valence-electron chi connectivity index (χ0n) is 13.8. The molecule has 0 spiro atoms. The molecular weight excluding hydrogens is 312 g/mol. The summed E-state index contributed by atoms with van der Waals surface area (Å²) in [5, 5.41) is 15.6. The highest BCUT2D eigenvalue weighted by molar-refractivity contribution is 7.16. The number of anilines is 1. The summed E-state index contributed by atoms with van der Waals surface area (Å²) in [5.41, 5.74) is 1.72. The van der Waals surface area contributed by atoms with Crippen molar-refractivity contribution in [3.63, 3.8) is 0 Å². The molecule has 0 radical (unpaired) electrons. The monoisotopic (exact) mass is 335 g/mol. The van der Waals surface area contributed by atoms with Crippen LogP contribution in [-0.2, 0) is 22.4 Å². The molecule has 6 nitrogen and oxygen atoms in total. The lowest BCUT2D eigenvalue weighted by atomic mass is 10.1. The number of aryl methyl sites for hydroxylation is 1. The van der Waals surface area contributed by atoms with Gasteiger partial charge in [-0.15, -0.1) is 11.3 Å². The van der Waals surface area contributed by atoms with Crippen molar-refractivity contribution in [2.24, 2.45) is 0 Å². The Bertz CT molecular complexity index is 645. The summed E-state index contributed by atoms with van der Waals surface area (Å²) < 4.78 is 0. The Hall–Kier alpha value is -1.91. The Kier molecular flexibility index (Phi) is 5.74. The lowest BCUT2D eigenvalue weighted by Gasteiger charge is -2.14. The Morgan fingerprint density at radius 2 is 2.00 bits per heavy atom. The maximum atomic E-state index is 12.2. The van der Waals surface area contributed by atoms with Gasteiger partial charge in [-0.05, 0) is 38.7 Å². The zero-order chi connectivity index (χ0) is 17.0.